The SMILES string of the molecule is Cc1nn(Cc2ccc(Cl)cc2)c2sc(C(=O)OCC#N)cc12. The van der Waals surface area contributed by atoms with Gasteiger partial charge in [-0.15, -0.1) is 11.3 Å². The zero-order chi connectivity index (χ0) is 16.4. The van der Waals surface area contributed by atoms with Crippen LogP contribution in [0.2, 0.25) is 5.02 Å². The average molecular weight is 346 g/mol. The molecule has 23 heavy (non-hydrogen) atoms. The van der Waals surface area contributed by atoms with E-state index in [0.717, 1.165) is 21.5 Å². The molecule has 0 amide bonds. The summed E-state index contributed by atoms with van der Waals surface area (Å²) >= 11 is 7.22. The van der Waals surface area contributed by atoms with Crippen molar-refractivity contribution in [2.45, 2.75) is 13.5 Å². The number of carbonyl (C=O) groups excluding carboxylic acids is 1. The van der Waals surface area contributed by atoms with E-state index in [1.807, 2.05) is 35.9 Å². The summed E-state index contributed by atoms with van der Waals surface area (Å²) in [6.45, 7) is 2.25. The van der Waals surface area contributed by atoms with Crippen LogP contribution in [0.1, 0.15) is 20.9 Å². The van der Waals surface area contributed by atoms with Crippen molar-refractivity contribution in [1.82, 2.24) is 9.78 Å². The fourth-order valence-corrected chi connectivity index (χ4v) is 3.43. The fraction of sp³-hybridized carbons (Fsp3) is 0.188. The minimum absolute atomic E-state index is 0.247. The molecule has 0 unspecified atom stereocenters. The number of hydrogen-bond acceptors (Lipinski definition) is 5. The lowest BCUT2D eigenvalue weighted by Crippen LogP contribution is -2.03. The summed E-state index contributed by atoms with van der Waals surface area (Å²) < 4.78 is 6.71. The van der Waals surface area contributed by atoms with Crippen molar-refractivity contribution in [2.75, 3.05) is 6.61 Å². The van der Waals surface area contributed by atoms with Crippen molar-refractivity contribution in [3.8, 4) is 6.07 Å². The Morgan fingerprint density at radius 2 is 2.17 bits per heavy atom. The molecule has 1 aromatic carbocycles. The molecule has 116 valence electrons. The molecule has 0 bridgehead atoms. The zero-order valence-electron chi connectivity index (χ0n) is 12.2. The highest BCUT2D eigenvalue weighted by atomic mass is 35.5. The molecule has 0 fully saturated rings. The largest absolute Gasteiger partial charge is 0.446 e. The van der Waals surface area contributed by atoms with Gasteiger partial charge in [-0.3, -0.25) is 4.68 Å². The van der Waals surface area contributed by atoms with Crippen molar-refractivity contribution < 1.29 is 9.53 Å². The van der Waals surface area contributed by atoms with Crippen LogP contribution in [0, 0.1) is 18.3 Å². The van der Waals surface area contributed by atoms with Crippen LogP contribution < -0.4 is 0 Å². The second kappa shape index (κ2) is 6.41. The second-order valence-corrected chi connectivity index (χ2v) is 6.40. The molecule has 3 rings (SSSR count). The minimum atomic E-state index is -0.481. The summed E-state index contributed by atoms with van der Waals surface area (Å²) in [5.41, 5.74) is 1.92. The molecule has 7 heteroatoms. The van der Waals surface area contributed by atoms with Crippen molar-refractivity contribution in [2.24, 2.45) is 0 Å². The number of aryl methyl sites for hydroxylation is 1. The molecule has 0 aliphatic heterocycles. The Morgan fingerprint density at radius 3 is 2.87 bits per heavy atom. The number of esters is 1. The summed E-state index contributed by atoms with van der Waals surface area (Å²) in [6.07, 6.45) is 0. The van der Waals surface area contributed by atoms with Gasteiger partial charge in [0.1, 0.15) is 15.8 Å². The van der Waals surface area contributed by atoms with Crippen molar-refractivity contribution in [3.05, 3.63) is 51.5 Å². The first-order chi connectivity index (χ1) is 11.1. The first-order valence-corrected chi connectivity index (χ1v) is 8.03. The van der Waals surface area contributed by atoms with Gasteiger partial charge in [0.15, 0.2) is 6.61 Å². The molecule has 0 spiro atoms. The lowest BCUT2D eigenvalue weighted by Gasteiger charge is -2.03. The Morgan fingerprint density at radius 1 is 1.43 bits per heavy atom. The molecule has 0 saturated carbocycles. The quantitative estimate of drug-likeness (QED) is 0.675. The lowest BCUT2D eigenvalue weighted by molar-refractivity contribution is 0.0561. The van der Waals surface area contributed by atoms with Crippen LogP contribution in [-0.4, -0.2) is 22.4 Å². The van der Waals surface area contributed by atoms with Crippen LogP contribution in [0.5, 0.6) is 0 Å². The van der Waals surface area contributed by atoms with E-state index in [4.69, 9.17) is 21.6 Å². The molecular weight excluding hydrogens is 334 g/mol. The molecule has 0 N–H and O–H groups in total. The Balaban J connectivity index is 1.92. The topological polar surface area (TPSA) is 67.9 Å². The number of benzene rings is 1. The molecule has 0 aliphatic carbocycles. The van der Waals surface area contributed by atoms with Crippen molar-refractivity contribution in [1.29, 1.82) is 5.26 Å². The smallest absolute Gasteiger partial charge is 0.349 e. The monoisotopic (exact) mass is 345 g/mol. The normalized spacial score (nSPS) is 10.7. The number of hydrogen-bond donors (Lipinski definition) is 0. The number of nitriles is 1. The van der Waals surface area contributed by atoms with E-state index < -0.39 is 5.97 Å². The van der Waals surface area contributed by atoms with Crippen LogP contribution >= 0.6 is 22.9 Å². The van der Waals surface area contributed by atoms with Crippen LogP contribution in [0.25, 0.3) is 10.2 Å². The van der Waals surface area contributed by atoms with Gasteiger partial charge >= 0.3 is 5.97 Å². The van der Waals surface area contributed by atoms with Crippen molar-refractivity contribution >= 4 is 39.1 Å². The molecule has 2 heterocycles. The summed E-state index contributed by atoms with van der Waals surface area (Å²) in [6, 6.07) is 11.1. The third kappa shape index (κ3) is 3.21. The maximum Gasteiger partial charge on any atom is 0.349 e. The first-order valence-electron chi connectivity index (χ1n) is 6.84. The molecule has 0 radical (unpaired) electrons. The third-order valence-electron chi connectivity index (χ3n) is 3.32. The summed E-state index contributed by atoms with van der Waals surface area (Å²) in [7, 11) is 0. The summed E-state index contributed by atoms with van der Waals surface area (Å²) in [4.78, 5) is 13.3. The molecular formula is C16H12ClN3O2S. The first kappa shape index (κ1) is 15.5. The van der Waals surface area contributed by atoms with Crippen LogP contribution in [0.4, 0.5) is 0 Å². The van der Waals surface area contributed by atoms with Gasteiger partial charge in [-0.1, -0.05) is 23.7 Å². The molecule has 0 aliphatic rings. The minimum Gasteiger partial charge on any atom is -0.446 e. The highest BCUT2D eigenvalue weighted by Gasteiger charge is 2.17. The van der Waals surface area contributed by atoms with Crippen LogP contribution in [-0.2, 0) is 11.3 Å². The highest BCUT2D eigenvalue weighted by molar-refractivity contribution is 7.20. The number of thiophene rings is 1. The summed E-state index contributed by atoms with van der Waals surface area (Å²) in [5, 5.41) is 14.6. The second-order valence-electron chi connectivity index (χ2n) is 4.93. The molecule has 2 aromatic heterocycles. The Bertz CT molecular complexity index is 906. The van der Waals surface area contributed by atoms with Gasteiger partial charge in [-0.2, -0.15) is 10.4 Å². The fourth-order valence-electron chi connectivity index (χ4n) is 2.25. The number of carbonyl (C=O) groups is 1. The summed E-state index contributed by atoms with van der Waals surface area (Å²) in [5.74, 6) is -0.481. The highest BCUT2D eigenvalue weighted by Crippen LogP contribution is 2.29. The van der Waals surface area contributed by atoms with Gasteiger partial charge in [-0.25, -0.2) is 4.79 Å². The van der Waals surface area contributed by atoms with Crippen LogP contribution in [0.15, 0.2) is 30.3 Å². The van der Waals surface area contributed by atoms with E-state index in [-0.39, 0.29) is 6.61 Å². The number of aromatic nitrogens is 2. The van der Waals surface area contributed by atoms with E-state index in [2.05, 4.69) is 5.10 Å². The van der Waals surface area contributed by atoms with E-state index in [1.165, 1.54) is 11.3 Å². The molecule has 5 nitrogen and oxygen atoms in total. The molecule has 0 atom stereocenters. The number of fused-ring (bicyclic) bond motifs is 1. The van der Waals surface area contributed by atoms with E-state index in [0.29, 0.717) is 16.4 Å². The molecule has 0 saturated heterocycles. The van der Waals surface area contributed by atoms with E-state index in [1.54, 1.807) is 12.1 Å². The van der Waals surface area contributed by atoms with E-state index >= 15 is 0 Å². The Hall–Kier alpha value is -2.36. The van der Waals surface area contributed by atoms with Gasteiger partial charge in [0.2, 0.25) is 0 Å². The van der Waals surface area contributed by atoms with Gasteiger partial charge in [0.25, 0.3) is 0 Å². The number of ether oxygens (including phenoxy) is 1. The third-order valence-corrected chi connectivity index (χ3v) is 4.70. The maximum absolute atomic E-state index is 11.9. The standard InChI is InChI=1S/C16H12ClN3O2S/c1-10-13-8-14(16(21)22-7-6-18)23-15(13)20(19-10)9-11-2-4-12(17)5-3-11/h2-5,8H,7,9H2,1H3. The lowest BCUT2D eigenvalue weighted by atomic mass is 10.2. The maximum atomic E-state index is 11.9. The number of rotatable bonds is 4. The zero-order valence-corrected chi connectivity index (χ0v) is 13.8. The van der Waals surface area contributed by atoms with Gasteiger partial charge < -0.3 is 4.74 Å². The Labute approximate surface area is 141 Å². The molecule has 3 aromatic rings. The van der Waals surface area contributed by atoms with Crippen molar-refractivity contribution in [3.63, 3.8) is 0 Å². The van der Waals surface area contributed by atoms with E-state index in [9.17, 15) is 4.79 Å². The number of nitrogens with zero attached hydrogens (tertiary/aromatic N) is 3. The van der Waals surface area contributed by atoms with Gasteiger partial charge in [-0.05, 0) is 30.7 Å². The Kier molecular flexibility index (Phi) is 4.33. The predicted octanol–water partition coefficient (Wildman–Crippen LogP) is 3.79. The predicted molar refractivity (Wildman–Crippen MR) is 88.8 cm³/mol. The average Bonchev–Trinajstić information content (AvgIpc) is 3.09. The number of halogens is 1. The van der Waals surface area contributed by atoms with Crippen LogP contribution in [0.3, 0.4) is 0 Å². The van der Waals surface area contributed by atoms with Gasteiger partial charge in [0.05, 0.1) is 12.2 Å². The van der Waals surface area contributed by atoms with Gasteiger partial charge in [0, 0.05) is 10.4 Å².